The van der Waals surface area contributed by atoms with Crippen molar-refractivity contribution >= 4 is 5.96 Å². The molecule has 0 amide bonds. The van der Waals surface area contributed by atoms with Crippen LogP contribution in [0.1, 0.15) is 29.5 Å². The molecule has 0 aliphatic carbocycles. The Morgan fingerprint density at radius 3 is 2.45 bits per heavy atom. The van der Waals surface area contributed by atoms with E-state index < -0.39 is 0 Å². The predicted octanol–water partition coefficient (Wildman–Crippen LogP) is 3.71. The number of hydrogen-bond acceptors (Lipinski definition) is 3. The lowest BCUT2D eigenvalue weighted by Crippen LogP contribution is -2.36. The molecule has 0 bridgehead atoms. The van der Waals surface area contributed by atoms with Gasteiger partial charge in [-0.2, -0.15) is 0 Å². The minimum absolute atomic E-state index is 0.498. The van der Waals surface area contributed by atoms with Crippen molar-refractivity contribution in [2.45, 2.75) is 32.5 Å². The Labute approximate surface area is 174 Å². The van der Waals surface area contributed by atoms with Crippen molar-refractivity contribution in [3.63, 3.8) is 0 Å². The van der Waals surface area contributed by atoms with E-state index in [2.05, 4.69) is 57.4 Å². The highest BCUT2D eigenvalue weighted by atomic mass is 16.5. The average molecular weight is 393 g/mol. The molecule has 2 aromatic carbocycles. The topological polar surface area (TPSA) is 48.9 Å². The van der Waals surface area contributed by atoms with Crippen LogP contribution in [-0.2, 0) is 19.6 Å². The fourth-order valence-electron chi connectivity index (χ4n) is 3.49. The van der Waals surface area contributed by atoms with Gasteiger partial charge in [0.25, 0.3) is 0 Å². The van der Waals surface area contributed by atoms with Crippen LogP contribution in [0.25, 0.3) is 0 Å². The van der Waals surface area contributed by atoms with Crippen molar-refractivity contribution in [2.24, 2.45) is 4.99 Å². The van der Waals surface area contributed by atoms with Crippen LogP contribution in [0, 0.1) is 0 Å². The van der Waals surface area contributed by atoms with Crippen molar-refractivity contribution in [3.8, 4) is 5.75 Å². The molecule has 2 aromatic rings. The van der Waals surface area contributed by atoms with Crippen molar-refractivity contribution in [2.75, 3.05) is 26.7 Å². The summed E-state index contributed by atoms with van der Waals surface area (Å²) in [6.07, 6.45) is 4.42. The summed E-state index contributed by atoms with van der Waals surface area (Å²) >= 11 is 0. The molecule has 0 atom stereocenters. The normalized spacial score (nSPS) is 14.6. The first kappa shape index (κ1) is 20.9. The molecular weight excluding hydrogens is 360 g/mol. The highest BCUT2D eigenvalue weighted by Gasteiger charge is 2.11. The van der Waals surface area contributed by atoms with E-state index in [1.807, 2.05) is 18.2 Å². The molecule has 0 aromatic heterocycles. The van der Waals surface area contributed by atoms with E-state index in [9.17, 15) is 0 Å². The molecule has 154 valence electrons. The average Bonchev–Trinajstić information content (AvgIpc) is 3.27. The number of ether oxygens (including phenoxy) is 1. The van der Waals surface area contributed by atoms with Gasteiger partial charge in [0, 0.05) is 32.2 Å². The zero-order valence-electron chi connectivity index (χ0n) is 17.4. The number of benzene rings is 2. The molecule has 0 radical (unpaired) electrons. The van der Waals surface area contributed by atoms with Gasteiger partial charge in [0.15, 0.2) is 5.96 Å². The van der Waals surface area contributed by atoms with Gasteiger partial charge in [-0.25, -0.2) is 0 Å². The third-order valence-electron chi connectivity index (χ3n) is 5.09. The lowest BCUT2D eigenvalue weighted by molar-refractivity contribution is 0.331. The largest absolute Gasteiger partial charge is 0.489 e. The van der Waals surface area contributed by atoms with Crippen LogP contribution in [0.5, 0.6) is 5.75 Å². The molecule has 0 saturated carbocycles. The number of rotatable bonds is 9. The molecule has 1 heterocycles. The Hall–Kier alpha value is -2.79. The van der Waals surface area contributed by atoms with E-state index in [0.29, 0.717) is 13.2 Å². The molecule has 1 saturated heterocycles. The first-order valence-corrected chi connectivity index (χ1v) is 10.3. The van der Waals surface area contributed by atoms with Crippen molar-refractivity contribution in [1.82, 2.24) is 15.5 Å². The SMILES string of the molecule is C=CCOc1ccccc1CNC(=NC)NCc1ccc(CN2CCCC2)cc1. The van der Waals surface area contributed by atoms with Gasteiger partial charge in [-0.1, -0.05) is 55.1 Å². The highest BCUT2D eigenvalue weighted by molar-refractivity contribution is 5.79. The molecule has 1 fully saturated rings. The Morgan fingerprint density at radius 1 is 1.03 bits per heavy atom. The number of nitrogens with one attached hydrogen (secondary N) is 2. The quantitative estimate of drug-likeness (QED) is 0.388. The van der Waals surface area contributed by atoms with Crippen molar-refractivity contribution in [3.05, 3.63) is 77.9 Å². The van der Waals surface area contributed by atoms with Gasteiger partial charge in [-0.3, -0.25) is 9.89 Å². The summed E-state index contributed by atoms with van der Waals surface area (Å²) in [5.74, 6) is 1.63. The number of aliphatic imine (C=N–C) groups is 1. The summed E-state index contributed by atoms with van der Waals surface area (Å²) in [4.78, 5) is 6.85. The van der Waals surface area contributed by atoms with Crippen molar-refractivity contribution in [1.29, 1.82) is 0 Å². The molecule has 5 nitrogen and oxygen atoms in total. The molecule has 0 unspecified atom stereocenters. The molecule has 1 aliphatic heterocycles. The van der Waals surface area contributed by atoms with Crippen LogP contribution in [0.2, 0.25) is 0 Å². The zero-order chi connectivity index (χ0) is 20.3. The monoisotopic (exact) mass is 392 g/mol. The summed E-state index contributed by atoms with van der Waals surface area (Å²) in [7, 11) is 1.79. The van der Waals surface area contributed by atoms with Crippen LogP contribution in [0.15, 0.2) is 66.2 Å². The van der Waals surface area contributed by atoms with Gasteiger partial charge in [0.2, 0.25) is 0 Å². The molecule has 3 rings (SSSR count). The van der Waals surface area contributed by atoms with Gasteiger partial charge in [0.1, 0.15) is 12.4 Å². The number of nitrogens with zero attached hydrogens (tertiary/aromatic N) is 2. The second-order valence-electron chi connectivity index (χ2n) is 7.29. The number of para-hydroxylation sites is 1. The summed E-state index contributed by atoms with van der Waals surface area (Å²) < 4.78 is 5.72. The van der Waals surface area contributed by atoms with E-state index in [-0.39, 0.29) is 0 Å². The Morgan fingerprint density at radius 2 is 1.72 bits per heavy atom. The van der Waals surface area contributed by atoms with E-state index in [1.54, 1.807) is 13.1 Å². The maximum atomic E-state index is 5.72. The standard InChI is InChI=1S/C24H32N4O/c1-3-16-29-23-9-5-4-8-22(23)18-27-24(25-2)26-17-20-10-12-21(13-11-20)19-28-14-6-7-15-28/h3-5,8-13H,1,6-7,14-19H2,2H3,(H2,25,26,27). The van der Waals surface area contributed by atoms with Gasteiger partial charge < -0.3 is 15.4 Å². The van der Waals surface area contributed by atoms with E-state index in [1.165, 1.54) is 37.1 Å². The Balaban J connectivity index is 1.47. The van der Waals surface area contributed by atoms with Gasteiger partial charge in [-0.15, -0.1) is 0 Å². The first-order valence-electron chi connectivity index (χ1n) is 10.3. The van der Waals surface area contributed by atoms with E-state index in [0.717, 1.165) is 30.4 Å². The van der Waals surface area contributed by atoms with Crippen LogP contribution in [-0.4, -0.2) is 37.6 Å². The predicted molar refractivity (Wildman–Crippen MR) is 120 cm³/mol. The maximum Gasteiger partial charge on any atom is 0.191 e. The van der Waals surface area contributed by atoms with Gasteiger partial charge in [0.05, 0.1) is 0 Å². The Kier molecular flexibility index (Phi) is 8.13. The Bertz CT molecular complexity index is 795. The summed E-state index contributed by atoms with van der Waals surface area (Å²) in [5.41, 5.74) is 3.71. The van der Waals surface area contributed by atoms with Gasteiger partial charge in [-0.05, 0) is 43.1 Å². The minimum Gasteiger partial charge on any atom is -0.489 e. The smallest absolute Gasteiger partial charge is 0.191 e. The first-order chi connectivity index (χ1) is 14.3. The summed E-state index contributed by atoms with van der Waals surface area (Å²) in [6, 6.07) is 16.9. The fourth-order valence-corrected chi connectivity index (χ4v) is 3.49. The molecular formula is C24H32N4O. The third-order valence-corrected chi connectivity index (χ3v) is 5.09. The molecule has 0 spiro atoms. The highest BCUT2D eigenvalue weighted by Crippen LogP contribution is 2.17. The van der Waals surface area contributed by atoms with Crippen molar-refractivity contribution < 1.29 is 4.74 Å². The maximum absolute atomic E-state index is 5.72. The number of hydrogen-bond donors (Lipinski definition) is 2. The van der Waals surface area contributed by atoms with E-state index in [4.69, 9.17) is 4.74 Å². The minimum atomic E-state index is 0.498. The summed E-state index contributed by atoms with van der Waals surface area (Å²) in [5, 5.41) is 6.74. The van der Waals surface area contributed by atoms with Crippen LogP contribution < -0.4 is 15.4 Å². The lowest BCUT2D eigenvalue weighted by atomic mass is 10.1. The summed E-state index contributed by atoms with van der Waals surface area (Å²) in [6.45, 7) is 9.10. The molecule has 29 heavy (non-hydrogen) atoms. The molecule has 5 heteroatoms. The van der Waals surface area contributed by atoms with Crippen LogP contribution in [0.3, 0.4) is 0 Å². The van der Waals surface area contributed by atoms with Crippen LogP contribution in [0.4, 0.5) is 0 Å². The second-order valence-corrected chi connectivity index (χ2v) is 7.29. The molecule has 2 N–H and O–H groups in total. The number of guanidine groups is 1. The van der Waals surface area contributed by atoms with Crippen LogP contribution >= 0.6 is 0 Å². The second kappa shape index (κ2) is 11.3. The number of likely N-dealkylation sites (tertiary alicyclic amines) is 1. The fraction of sp³-hybridized carbons (Fsp3) is 0.375. The third kappa shape index (κ3) is 6.64. The molecule has 1 aliphatic rings. The zero-order valence-corrected chi connectivity index (χ0v) is 17.4. The lowest BCUT2D eigenvalue weighted by Gasteiger charge is -2.16. The van der Waals surface area contributed by atoms with E-state index >= 15 is 0 Å². The van der Waals surface area contributed by atoms with Gasteiger partial charge >= 0.3 is 0 Å².